The Balaban J connectivity index is 1.70. The van der Waals surface area contributed by atoms with E-state index in [1.165, 1.54) is 11.1 Å². The molecule has 0 bridgehead atoms. The number of thiocarbonyl (C=S) groups is 1. The standard InChI is InChI=1S/C25H26N2OS/c1-17-8-14-21(15-9-17)26-24(29)27-22-7-5-6-19(16-22)23(28)18-10-12-20(13-11-18)25(2,3)4/h5-16H,1-4H3,(H2,26,27,29). The topological polar surface area (TPSA) is 41.1 Å². The zero-order chi connectivity index (χ0) is 21.0. The second kappa shape index (κ2) is 8.58. The average Bonchev–Trinajstić information content (AvgIpc) is 2.69. The van der Waals surface area contributed by atoms with Crippen LogP contribution in [-0.4, -0.2) is 10.9 Å². The third kappa shape index (κ3) is 5.52. The highest BCUT2D eigenvalue weighted by atomic mass is 32.1. The van der Waals surface area contributed by atoms with E-state index in [0.717, 1.165) is 11.4 Å². The summed E-state index contributed by atoms with van der Waals surface area (Å²) in [6, 6.07) is 23.2. The van der Waals surface area contributed by atoms with Crippen LogP contribution >= 0.6 is 12.2 Å². The van der Waals surface area contributed by atoms with Gasteiger partial charge >= 0.3 is 0 Å². The van der Waals surface area contributed by atoms with Crippen molar-refractivity contribution < 1.29 is 4.79 Å². The molecule has 0 aliphatic carbocycles. The smallest absolute Gasteiger partial charge is 0.193 e. The van der Waals surface area contributed by atoms with Gasteiger partial charge in [-0.25, -0.2) is 0 Å². The maximum Gasteiger partial charge on any atom is 0.193 e. The molecule has 3 rings (SSSR count). The van der Waals surface area contributed by atoms with Gasteiger partial charge in [-0.1, -0.05) is 74.9 Å². The van der Waals surface area contributed by atoms with Crippen LogP contribution in [0.2, 0.25) is 0 Å². The third-order valence-corrected chi connectivity index (χ3v) is 4.91. The van der Waals surface area contributed by atoms with Crippen molar-refractivity contribution in [3.05, 3.63) is 95.1 Å². The minimum absolute atomic E-state index is 0.00785. The van der Waals surface area contributed by atoms with Crippen LogP contribution in [0, 0.1) is 6.92 Å². The summed E-state index contributed by atoms with van der Waals surface area (Å²) in [5.74, 6) is -0.00785. The zero-order valence-corrected chi connectivity index (χ0v) is 18.1. The van der Waals surface area contributed by atoms with Gasteiger partial charge < -0.3 is 10.6 Å². The number of hydrogen-bond donors (Lipinski definition) is 2. The quantitative estimate of drug-likeness (QED) is 0.395. The first-order chi connectivity index (χ1) is 13.7. The molecule has 0 atom stereocenters. The second-order valence-corrected chi connectivity index (χ2v) is 8.59. The van der Waals surface area contributed by atoms with Gasteiger partial charge in [-0.3, -0.25) is 4.79 Å². The lowest BCUT2D eigenvalue weighted by atomic mass is 9.86. The molecule has 0 saturated heterocycles. The third-order valence-electron chi connectivity index (χ3n) is 4.71. The van der Waals surface area contributed by atoms with Crippen molar-refractivity contribution >= 4 is 34.5 Å². The number of ketones is 1. The molecule has 2 N–H and O–H groups in total. The van der Waals surface area contributed by atoms with E-state index in [4.69, 9.17) is 12.2 Å². The molecule has 3 aromatic carbocycles. The Kier molecular flexibility index (Phi) is 6.14. The molecule has 0 aromatic heterocycles. The number of rotatable bonds is 4. The highest BCUT2D eigenvalue weighted by molar-refractivity contribution is 7.80. The molecule has 4 heteroatoms. The van der Waals surface area contributed by atoms with Gasteiger partial charge in [0, 0.05) is 22.5 Å². The van der Waals surface area contributed by atoms with Crippen LogP contribution in [0.4, 0.5) is 11.4 Å². The predicted molar refractivity (Wildman–Crippen MR) is 126 cm³/mol. The Hall–Kier alpha value is -2.98. The molecular formula is C25H26N2OS. The van der Waals surface area contributed by atoms with Gasteiger partial charge in [0.05, 0.1) is 0 Å². The van der Waals surface area contributed by atoms with Crippen LogP contribution in [0.15, 0.2) is 72.8 Å². The van der Waals surface area contributed by atoms with Crippen molar-refractivity contribution in [2.24, 2.45) is 0 Å². The van der Waals surface area contributed by atoms with Crippen LogP contribution in [-0.2, 0) is 5.41 Å². The molecule has 0 saturated carbocycles. The van der Waals surface area contributed by atoms with Gasteiger partial charge in [-0.2, -0.15) is 0 Å². The summed E-state index contributed by atoms with van der Waals surface area (Å²) < 4.78 is 0. The number of hydrogen-bond acceptors (Lipinski definition) is 2. The molecule has 0 spiro atoms. The van der Waals surface area contributed by atoms with E-state index in [0.29, 0.717) is 16.2 Å². The number of aryl methyl sites for hydroxylation is 1. The van der Waals surface area contributed by atoms with Crippen LogP contribution in [0.1, 0.15) is 47.8 Å². The van der Waals surface area contributed by atoms with Crippen LogP contribution < -0.4 is 10.6 Å². The first kappa shape index (κ1) is 20.7. The fourth-order valence-corrected chi connectivity index (χ4v) is 3.19. The minimum atomic E-state index is -0.00785. The van der Waals surface area contributed by atoms with E-state index in [2.05, 4.69) is 31.4 Å². The van der Waals surface area contributed by atoms with Crippen molar-refractivity contribution in [1.82, 2.24) is 0 Å². The lowest BCUT2D eigenvalue weighted by molar-refractivity contribution is 0.103. The molecule has 0 heterocycles. The Bertz CT molecular complexity index is 1020. The van der Waals surface area contributed by atoms with Gasteiger partial charge in [0.2, 0.25) is 0 Å². The van der Waals surface area contributed by atoms with Gasteiger partial charge in [-0.15, -0.1) is 0 Å². The van der Waals surface area contributed by atoms with Gasteiger partial charge in [0.25, 0.3) is 0 Å². The Morgan fingerprint density at radius 2 is 1.41 bits per heavy atom. The maximum absolute atomic E-state index is 12.9. The van der Waals surface area contributed by atoms with Crippen molar-refractivity contribution in [2.45, 2.75) is 33.1 Å². The van der Waals surface area contributed by atoms with Crippen molar-refractivity contribution in [2.75, 3.05) is 10.6 Å². The lowest BCUT2D eigenvalue weighted by Crippen LogP contribution is -2.19. The summed E-state index contributed by atoms with van der Waals surface area (Å²) in [6.07, 6.45) is 0. The summed E-state index contributed by atoms with van der Waals surface area (Å²) in [5, 5.41) is 6.78. The predicted octanol–water partition coefficient (Wildman–Crippen LogP) is 6.33. The highest BCUT2D eigenvalue weighted by Gasteiger charge is 2.15. The van der Waals surface area contributed by atoms with Crippen LogP contribution in [0.3, 0.4) is 0 Å². The zero-order valence-electron chi connectivity index (χ0n) is 17.2. The fourth-order valence-electron chi connectivity index (χ4n) is 2.96. The lowest BCUT2D eigenvalue weighted by Gasteiger charge is -2.19. The van der Waals surface area contributed by atoms with Gasteiger partial charge in [0.1, 0.15) is 0 Å². The molecular weight excluding hydrogens is 376 g/mol. The summed E-state index contributed by atoms with van der Waals surface area (Å²) in [4.78, 5) is 12.9. The van der Waals surface area contributed by atoms with Crippen molar-refractivity contribution in [3.8, 4) is 0 Å². The minimum Gasteiger partial charge on any atom is -0.332 e. The largest absolute Gasteiger partial charge is 0.332 e. The fraction of sp³-hybridized carbons (Fsp3) is 0.200. The number of benzene rings is 3. The molecule has 3 nitrogen and oxygen atoms in total. The summed E-state index contributed by atoms with van der Waals surface area (Å²) in [6.45, 7) is 8.52. The number of anilines is 2. The first-order valence-electron chi connectivity index (χ1n) is 9.62. The molecule has 29 heavy (non-hydrogen) atoms. The monoisotopic (exact) mass is 402 g/mol. The molecule has 0 aliphatic rings. The number of carbonyl (C=O) groups is 1. The number of nitrogens with one attached hydrogen (secondary N) is 2. The van der Waals surface area contributed by atoms with E-state index >= 15 is 0 Å². The Morgan fingerprint density at radius 3 is 2.03 bits per heavy atom. The Labute approximate surface area is 178 Å². The summed E-state index contributed by atoms with van der Waals surface area (Å²) in [7, 11) is 0. The van der Waals surface area contributed by atoms with E-state index in [1.54, 1.807) is 0 Å². The van der Waals surface area contributed by atoms with Gasteiger partial charge in [0.15, 0.2) is 10.9 Å². The average molecular weight is 403 g/mol. The molecule has 3 aromatic rings. The van der Waals surface area contributed by atoms with E-state index < -0.39 is 0 Å². The molecule has 0 radical (unpaired) electrons. The van der Waals surface area contributed by atoms with Crippen molar-refractivity contribution in [1.29, 1.82) is 0 Å². The SMILES string of the molecule is Cc1ccc(NC(=S)Nc2cccc(C(=O)c3ccc(C(C)(C)C)cc3)c2)cc1. The summed E-state index contributed by atoms with van der Waals surface area (Å²) >= 11 is 5.40. The molecule has 0 unspecified atom stereocenters. The van der Waals surface area contributed by atoms with E-state index in [1.807, 2.05) is 79.7 Å². The normalized spacial score (nSPS) is 11.0. The van der Waals surface area contributed by atoms with Crippen molar-refractivity contribution in [3.63, 3.8) is 0 Å². The van der Waals surface area contributed by atoms with Crippen LogP contribution in [0.5, 0.6) is 0 Å². The van der Waals surface area contributed by atoms with E-state index in [9.17, 15) is 4.79 Å². The molecule has 0 amide bonds. The summed E-state index contributed by atoms with van der Waals surface area (Å²) in [5.41, 5.74) is 5.44. The molecule has 0 aliphatic heterocycles. The highest BCUT2D eigenvalue weighted by Crippen LogP contribution is 2.23. The molecule has 0 fully saturated rings. The van der Waals surface area contributed by atoms with Gasteiger partial charge in [-0.05, 0) is 54.4 Å². The van der Waals surface area contributed by atoms with Crippen LogP contribution in [0.25, 0.3) is 0 Å². The second-order valence-electron chi connectivity index (χ2n) is 8.18. The maximum atomic E-state index is 12.9. The number of carbonyl (C=O) groups excluding carboxylic acids is 1. The molecule has 148 valence electrons. The van der Waals surface area contributed by atoms with E-state index in [-0.39, 0.29) is 11.2 Å². The Morgan fingerprint density at radius 1 is 0.793 bits per heavy atom. The first-order valence-corrected chi connectivity index (χ1v) is 10.0.